The number of carbonyl (C=O) groups excluding carboxylic acids is 1. The van der Waals surface area contributed by atoms with Crippen LogP contribution < -0.4 is 11.1 Å². The third-order valence-electron chi connectivity index (χ3n) is 3.58. The minimum atomic E-state index is -0.380. The van der Waals surface area contributed by atoms with E-state index in [1.165, 1.54) is 0 Å². The van der Waals surface area contributed by atoms with Crippen LogP contribution in [0.1, 0.15) is 27.2 Å². The summed E-state index contributed by atoms with van der Waals surface area (Å²) >= 11 is 0. The molecule has 5 nitrogen and oxygen atoms in total. The molecule has 112 valence electrons. The van der Waals surface area contributed by atoms with Crippen LogP contribution in [-0.4, -0.2) is 67.6 Å². The molecule has 0 radical (unpaired) electrons. The molecule has 1 amide bonds. The first-order valence-electron chi connectivity index (χ1n) is 7.35. The molecule has 3 N–H and O–H groups in total. The number of likely N-dealkylation sites (N-methyl/N-ethyl adjacent to an activating group) is 1. The quantitative estimate of drug-likeness (QED) is 0.719. The zero-order valence-electron chi connectivity index (χ0n) is 12.9. The fourth-order valence-electron chi connectivity index (χ4n) is 2.43. The van der Waals surface area contributed by atoms with Gasteiger partial charge in [0.15, 0.2) is 0 Å². The van der Waals surface area contributed by atoms with Gasteiger partial charge in [0.2, 0.25) is 5.91 Å². The number of hydrogen-bond acceptors (Lipinski definition) is 4. The SMILES string of the molecule is CC(C)C[C@H](N)C(=O)NC(C)CN1CCN(C)CC1. The molecule has 1 unspecified atom stereocenters. The van der Waals surface area contributed by atoms with Crippen molar-refractivity contribution < 1.29 is 4.79 Å². The Morgan fingerprint density at radius 1 is 1.21 bits per heavy atom. The van der Waals surface area contributed by atoms with Gasteiger partial charge < -0.3 is 16.0 Å². The second-order valence-electron chi connectivity index (χ2n) is 6.25. The van der Waals surface area contributed by atoms with E-state index in [1.807, 2.05) is 0 Å². The van der Waals surface area contributed by atoms with Crippen LogP contribution >= 0.6 is 0 Å². The van der Waals surface area contributed by atoms with E-state index < -0.39 is 0 Å². The second kappa shape index (κ2) is 7.82. The third kappa shape index (κ3) is 6.36. The molecule has 0 spiro atoms. The van der Waals surface area contributed by atoms with Crippen molar-refractivity contribution in [1.29, 1.82) is 0 Å². The Hall–Kier alpha value is -0.650. The summed E-state index contributed by atoms with van der Waals surface area (Å²) in [4.78, 5) is 16.7. The molecule has 0 bridgehead atoms. The van der Waals surface area contributed by atoms with E-state index in [-0.39, 0.29) is 18.0 Å². The van der Waals surface area contributed by atoms with Gasteiger partial charge in [0, 0.05) is 38.8 Å². The predicted molar refractivity (Wildman–Crippen MR) is 79.0 cm³/mol. The van der Waals surface area contributed by atoms with E-state index in [2.05, 4.69) is 42.9 Å². The van der Waals surface area contributed by atoms with E-state index in [9.17, 15) is 4.79 Å². The van der Waals surface area contributed by atoms with Gasteiger partial charge in [0.05, 0.1) is 6.04 Å². The van der Waals surface area contributed by atoms with Gasteiger partial charge >= 0.3 is 0 Å². The first kappa shape index (κ1) is 16.4. The van der Waals surface area contributed by atoms with Crippen molar-refractivity contribution >= 4 is 5.91 Å². The largest absolute Gasteiger partial charge is 0.351 e. The number of hydrogen-bond donors (Lipinski definition) is 2. The van der Waals surface area contributed by atoms with Crippen LogP contribution in [-0.2, 0) is 4.79 Å². The van der Waals surface area contributed by atoms with Crippen molar-refractivity contribution in [3.05, 3.63) is 0 Å². The third-order valence-corrected chi connectivity index (χ3v) is 3.58. The number of nitrogens with zero attached hydrogens (tertiary/aromatic N) is 2. The lowest BCUT2D eigenvalue weighted by molar-refractivity contribution is -0.123. The fraction of sp³-hybridized carbons (Fsp3) is 0.929. The van der Waals surface area contributed by atoms with Gasteiger partial charge in [-0.15, -0.1) is 0 Å². The molecule has 1 aliphatic heterocycles. The molecule has 2 atom stereocenters. The highest BCUT2D eigenvalue weighted by molar-refractivity contribution is 5.81. The number of carbonyl (C=O) groups is 1. The summed E-state index contributed by atoms with van der Waals surface area (Å²) in [5, 5.41) is 3.02. The highest BCUT2D eigenvalue weighted by Crippen LogP contribution is 2.04. The molecular weight excluding hydrogens is 240 g/mol. The Bertz CT molecular complexity index is 275. The van der Waals surface area contributed by atoms with Crippen molar-refractivity contribution in [3.63, 3.8) is 0 Å². The monoisotopic (exact) mass is 270 g/mol. The van der Waals surface area contributed by atoms with E-state index in [0.29, 0.717) is 5.92 Å². The summed E-state index contributed by atoms with van der Waals surface area (Å²) in [6.07, 6.45) is 0.743. The molecule has 1 aliphatic rings. The predicted octanol–water partition coefficient (Wildman–Crippen LogP) is 0.112. The lowest BCUT2D eigenvalue weighted by Gasteiger charge is -2.34. The van der Waals surface area contributed by atoms with Crippen LogP contribution in [0.15, 0.2) is 0 Å². The highest BCUT2D eigenvalue weighted by Gasteiger charge is 2.20. The number of amides is 1. The van der Waals surface area contributed by atoms with Gasteiger partial charge in [-0.25, -0.2) is 0 Å². The highest BCUT2D eigenvalue weighted by atomic mass is 16.2. The average Bonchev–Trinajstić information content (AvgIpc) is 2.31. The normalized spacial score (nSPS) is 21.4. The molecule has 1 heterocycles. The molecule has 1 rings (SSSR count). The van der Waals surface area contributed by atoms with Crippen molar-refractivity contribution in [1.82, 2.24) is 15.1 Å². The maximum atomic E-state index is 11.9. The fourth-order valence-corrected chi connectivity index (χ4v) is 2.43. The topological polar surface area (TPSA) is 61.6 Å². The van der Waals surface area contributed by atoms with Gasteiger partial charge in [-0.3, -0.25) is 9.69 Å². The van der Waals surface area contributed by atoms with Crippen LogP contribution in [0.3, 0.4) is 0 Å². The Morgan fingerprint density at radius 3 is 2.32 bits per heavy atom. The summed E-state index contributed by atoms with van der Waals surface area (Å²) in [6, 6.07) is -0.218. The molecule has 1 saturated heterocycles. The Labute approximate surface area is 117 Å². The maximum Gasteiger partial charge on any atom is 0.237 e. The second-order valence-corrected chi connectivity index (χ2v) is 6.25. The number of rotatable bonds is 6. The van der Waals surface area contributed by atoms with Crippen LogP contribution in [0, 0.1) is 5.92 Å². The minimum Gasteiger partial charge on any atom is -0.351 e. The van der Waals surface area contributed by atoms with Crippen molar-refractivity contribution in [2.24, 2.45) is 11.7 Å². The summed E-state index contributed by atoms with van der Waals surface area (Å²) < 4.78 is 0. The molecular formula is C14H30N4O. The molecule has 1 fully saturated rings. The Kier molecular flexibility index (Phi) is 6.75. The molecule has 0 aromatic rings. The van der Waals surface area contributed by atoms with E-state index in [4.69, 9.17) is 5.73 Å². The van der Waals surface area contributed by atoms with E-state index >= 15 is 0 Å². The summed E-state index contributed by atoms with van der Waals surface area (Å²) in [5.41, 5.74) is 5.89. The summed E-state index contributed by atoms with van der Waals surface area (Å²) in [6.45, 7) is 11.5. The maximum absolute atomic E-state index is 11.9. The average molecular weight is 270 g/mol. The molecule has 0 aromatic carbocycles. The summed E-state index contributed by atoms with van der Waals surface area (Å²) in [5.74, 6) is 0.434. The van der Waals surface area contributed by atoms with Crippen molar-refractivity contribution in [2.75, 3.05) is 39.8 Å². The van der Waals surface area contributed by atoms with E-state index in [0.717, 1.165) is 39.1 Å². The molecule has 0 saturated carbocycles. The minimum absolute atomic E-state index is 0.0182. The van der Waals surface area contributed by atoms with Gasteiger partial charge in [-0.1, -0.05) is 13.8 Å². The molecule has 0 aromatic heterocycles. The number of nitrogens with one attached hydrogen (secondary N) is 1. The Balaban J connectivity index is 2.26. The van der Waals surface area contributed by atoms with Crippen LogP contribution in [0.2, 0.25) is 0 Å². The zero-order chi connectivity index (χ0) is 14.4. The lowest BCUT2D eigenvalue weighted by Crippen LogP contribution is -2.52. The first-order chi connectivity index (χ1) is 8.88. The molecule has 5 heteroatoms. The zero-order valence-corrected chi connectivity index (χ0v) is 12.9. The van der Waals surface area contributed by atoms with Gasteiger partial charge in [-0.2, -0.15) is 0 Å². The summed E-state index contributed by atoms with van der Waals surface area (Å²) in [7, 11) is 2.15. The van der Waals surface area contributed by atoms with Crippen LogP contribution in [0.25, 0.3) is 0 Å². The van der Waals surface area contributed by atoms with Crippen molar-refractivity contribution in [2.45, 2.75) is 39.3 Å². The standard InChI is InChI=1S/C14H30N4O/c1-11(2)9-13(15)14(19)16-12(3)10-18-7-5-17(4)6-8-18/h11-13H,5-10,15H2,1-4H3,(H,16,19)/t12?,13-/m0/s1. The number of nitrogens with two attached hydrogens (primary N) is 1. The van der Waals surface area contributed by atoms with Crippen LogP contribution in [0.4, 0.5) is 0 Å². The van der Waals surface area contributed by atoms with Gasteiger partial charge in [0.25, 0.3) is 0 Å². The molecule has 19 heavy (non-hydrogen) atoms. The van der Waals surface area contributed by atoms with Gasteiger partial charge in [-0.05, 0) is 26.3 Å². The van der Waals surface area contributed by atoms with Gasteiger partial charge in [0.1, 0.15) is 0 Å². The van der Waals surface area contributed by atoms with Crippen LogP contribution in [0.5, 0.6) is 0 Å². The number of piperazine rings is 1. The first-order valence-corrected chi connectivity index (χ1v) is 7.35. The smallest absolute Gasteiger partial charge is 0.237 e. The van der Waals surface area contributed by atoms with E-state index in [1.54, 1.807) is 0 Å². The lowest BCUT2D eigenvalue weighted by atomic mass is 10.0. The molecule has 0 aliphatic carbocycles. The Morgan fingerprint density at radius 2 is 1.79 bits per heavy atom. The van der Waals surface area contributed by atoms with Crippen molar-refractivity contribution in [3.8, 4) is 0 Å².